The Kier molecular flexibility index (Phi) is 3.65. The van der Waals surface area contributed by atoms with E-state index in [1.807, 2.05) is 0 Å². The number of Topliss-reactive ketones (excluding diaryl/α,β-unsaturated/α-hetero) is 1. The van der Waals surface area contributed by atoms with Crippen molar-refractivity contribution in [3.8, 4) is 0 Å². The molecule has 1 aliphatic heterocycles. The zero-order valence-corrected chi connectivity index (χ0v) is 11.9. The minimum Gasteiger partial charge on any atom is -0.390 e. The number of hydrogen-bond acceptors (Lipinski definition) is 3. The number of aliphatic hydroxyl groups is 1. The summed E-state index contributed by atoms with van der Waals surface area (Å²) < 4.78 is 0.601. The molecule has 1 amide bonds. The SMILES string of the molecule is O=C1C(=O)N(CC(O)CBr)c2cccc(Br)c21. The van der Waals surface area contributed by atoms with E-state index in [2.05, 4.69) is 31.9 Å². The van der Waals surface area contributed by atoms with Crippen LogP contribution in [0.15, 0.2) is 22.7 Å². The quantitative estimate of drug-likeness (QED) is 0.658. The second kappa shape index (κ2) is 4.88. The number of anilines is 1. The fourth-order valence-corrected chi connectivity index (χ4v) is 2.48. The van der Waals surface area contributed by atoms with Gasteiger partial charge in [0.2, 0.25) is 0 Å². The molecular formula is C11H9Br2NO3. The highest BCUT2D eigenvalue weighted by Crippen LogP contribution is 2.34. The van der Waals surface area contributed by atoms with Crippen molar-refractivity contribution in [2.75, 3.05) is 16.8 Å². The summed E-state index contributed by atoms with van der Waals surface area (Å²) >= 11 is 6.38. The first-order valence-corrected chi connectivity index (χ1v) is 6.86. The summed E-state index contributed by atoms with van der Waals surface area (Å²) in [5.41, 5.74) is 0.925. The smallest absolute Gasteiger partial charge is 0.299 e. The number of amides is 1. The Labute approximate surface area is 115 Å². The van der Waals surface area contributed by atoms with Crippen LogP contribution in [0, 0.1) is 0 Å². The average molecular weight is 363 g/mol. The second-order valence-corrected chi connectivity index (χ2v) is 5.19. The summed E-state index contributed by atoms with van der Waals surface area (Å²) in [6.45, 7) is 0.110. The van der Waals surface area contributed by atoms with E-state index in [0.29, 0.717) is 21.1 Å². The third-order valence-electron chi connectivity index (χ3n) is 2.52. The lowest BCUT2D eigenvalue weighted by Crippen LogP contribution is -2.37. The number of β-amino-alcohol motifs (C(OH)–C–C–N with tert-alkyl or cyclic N) is 1. The molecule has 17 heavy (non-hydrogen) atoms. The predicted octanol–water partition coefficient (Wildman–Crippen LogP) is 1.73. The lowest BCUT2D eigenvalue weighted by Gasteiger charge is -2.19. The molecule has 6 heteroatoms. The van der Waals surface area contributed by atoms with Crippen molar-refractivity contribution in [2.24, 2.45) is 0 Å². The number of nitrogens with zero attached hydrogens (tertiary/aromatic N) is 1. The Morgan fingerprint density at radius 2 is 2.06 bits per heavy atom. The molecule has 0 saturated heterocycles. The van der Waals surface area contributed by atoms with Gasteiger partial charge in [0.05, 0.1) is 23.9 Å². The largest absolute Gasteiger partial charge is 0.390 e. The van der Waals surface area contributed by atoms with Crippen LogP contribution in [-0.2, 0) is 4.79 Å². The first-order chi connectivity index (χ1) is 8.06. The monoisotopic (exact) mass is 361 g/mol. The number of halogens is 2. The number of hydrogen-bond donors (Lipinski definition) is 1. The number of rotatable bonds is 3. The molecule has 0 saturated carbocycles. The van der Waals surface area contributed by atoms with Crippen molar-refractivity contribution in [1.29, 1.82) is 0 Å². The Hall–Kier alpha value is -0.720. The molecule has 0 fully saturated rings. The number of aliphatic hydroxyl groups excluding tert-OH is 1. The van der Waals surface area contributed by atoms with Gasteiger partial charge in [0, 0.05) is 9.80 Å². The molecule has 2 rings (SSSR count). The number of carbonyl (C=O) groups is 2. The van der Waals surface area contributed by atoms with E-state index >= 15 is 0 Å². The zero-order valence-electron chi connectivity index (χ0n) is 8.69. The molecule has 1 aliphatic rings. The van der Waals surface area contributed by atoms with Crippen molar-refractivity contribution in [3.63, 3.8) is 0 Å². The number of carbonyl (C=O) groups excluding carboxylic acids is 2. The molecular weight excluding hydrogens is 354 g/mol. The molecule has 0 aromatic heterocycles. The summed E-state index contributed by atoms with van der Waals surface area (Å²) in [5, 5.41) is 9.91. The molecule has 1 aromatic carbocycles. The minimum atomic E-state index is -0.698. The van der Waals surface area contributed by atoms with E-state index < -0.39 is 17.8 Å². The molecule has 0 aliphatic carbocycles. The van der Waals surface area contributed by atoms with Crippen LogP contribution in [0.25, 0.3) is 0 Å². The lowest BCUT2D eigenvalue weighted by atomic mass is 10.1. The minimum absolute atomic E-state index is 0.110. The third kappa shape index (κ3) is 2.17. The summed E-state index contributed by atoms with van der Waals surface area (Å²) in [6, 6.07) is 5.17. The molecule has 1 N–H and O–H groups in total. The Morgan fingerprint density at radius 3 is 2.71 bits per heavy atom. The van der Waals surface area contributed by atoms with Gasteiger partial charge in [-0.15, -0.1) is 0 Å². The van der Waals surface area contributed by atoms with Crippen molar-refractivity contribution in [3.05, 3.63) is 28.2 Å². The molecule has 0 bridgehead atoms. The molecule has 1 heterocycles. The highest BCUT2D eigenvalue weighted by molar-refractivity contribution is 9.10. The third-order valence-corrected chi connectivity index (χ3v) is 3.93. The molecule has 90 valence electrons. The molecule has 0 radical (unpaired) electrons. The van der Waals surface area contributed by atoms with Crippen molar-refractivity contribution < 1.29 is 14.7 Å². The highest BCUT2D eigenvalue weighted by atomic mass is 79.9. The fourth-order valence-electron chi connectivity index (χ4n) is 1.74. The van der Waals surface area contributed by atoms with Gasteiger partial charge < -0.3 is 10.0 Å². The fraction of sp³-hybridized carbons (Fsp3) is 0.273. The lowest BCUT2D eigenvalue weighted by molar-refractivity contribution is -0.114. The summed E-state index contributed by atoms with van der Waals surface area (Å²) in [6.07, 6.45) is -0.698. The Bertz CT molecular complexity index is 490. The average Bonchev–Trinajstić information content (AvgIpc) is 2.55. The number of benzene rings is 1. The summed E-state index contributed by atoms with van der Waals surface area (Å²) in [5.74, 6) is -1.12. The number of fused-ring (bicyclic) bond motifs is 1. The van der Waals surface area contributed by atoms with Gasteiger partial charge in [0.1, 0.15) is 0 Å². The van der Waals surface area contributed by atoms with Crippen LogP contribution in [0.1, 0.15) is 10.4 Å². The molecule has 0 spiro atoms. The highest BCUT2D eigenvalue weighted by Gasteiger charge is 2.37. The molecule has 1 unspecified atom stereocenters. The Morgan fingerprint density at radius 1 is 1.35 bits per heavy atom. The van der Waals surface area contributed by atoms with Gasteiger partial charge in [-0.2, -0.15) is 0 Å². The van der Waals surface area contributed by atoms with Gasteiger partial charge in [-0.3, -0.25) is 9.59 Å². The normalized spacial score (nSPS) is 16.3. The number of ketones is 1. The van der Waals surface area contributed by atoms with Crippen LogP contribution >= 0.6 is 31.9 Å². The Balaban J connectivity index is 2.42. The van der Waals surface area contributed by atoms with Gasteiger partial charge in [0.25, 0.3) is 11.7 Å². The van der Waals surface area contributed by atoms with Crippen LogP contribution in [0.3, 0.4) is 0 Å². The van der Waals surface area contributed by atoms with Crippen molar-refractivity contribution in [2.45, 2.75) is 6.10 Å². The topological polar surface area (TPSA) is 57.6 Å². The second-order valence-electron chi connectivity index (χ2n) is 3.69. The van der Waals surface area contributed by atoms with Crippen LogP contribution in [0.2, 0.25) is 0 Å². The van der Waals surface area contributed by atoms with E-state index in [9.17, 15) is 14.7 Å². The predicted molar refractivity (Wildman–Crippen MR) is 70.6 cm³/mol. The van der Waals surface area contributed by atoms with Gasteiger partial charge >= 0.3 is 0 Å². The van der Waals surface area contributed by atoms with Gasteiger partial charge in [-0.05, 0) is 28.1 Å². The van der Waals surface area contributed by atoms with Crippen molar-refractivity contribution in [1.82, 2.24) is 0 Å². The van der Waals surface area contributed by atoms with Gasteiger partial charge in [0.15, 0.2) is 0 Å². The van der Waals surface area contributed by atoms with E-state index in [1.54, 1.807) is 18.2 Å². The maximum absolute atomic E-state index is 11.8. The number of alkyl halides is 1. The van der Waals surface area contributed by atoms with Gasteiger partial charge in [-0.25, -0.2) is 0 Å². The van der Waals surface area contributed by atoms with E-state index in [-0.39, 0.29) is 6.54 Å². The summed E-state index contributed by atoms with van der Waals surface area (Å²) in [7, 11) is 0. The van der Waals surface area contributed by atoms with Crippen molar-refractivity contribution >= 4 is 49.2 Å². The van der Waals surface area contributed by atoms with E-state index in [0.717, 1.165) is 0 Å². The summed E-state index contributed by atoms with van der Waals surface area (Å²) in [4.78, 5) is 24.9. The molecule has 1 atom stereocenters. The zero-order chi connectivity index (χ0) is 12.6. The van der Waals surface area contributed by atoms with E-state index in [4.69, 9.17) is 0 Å². The standard InChI is InChI=1S/C11H9Br2NO3/c12-4-6(15)5-14-8-3-1-2-7(13)9(8)10(16)11(14)17/h1-3,6,15H,4-5H2. The maximum atomic E-state index is 11.8. The van der Waals surface area contributed by atoms with Crippen LogP contribution in [0.5, 0.6) is 0 Å². The first kappa shape index (κ1) is 12.7. The van der Waals surface area contributed by atoms with Gasteiger partial charge in [-0.1, -0.05) is 22.0 Å². The van der Waals surface area contributed by atoms with Crippen LogP contribution in [0.4, 0.5) is 5.69 Å². The van der Waals surface area contributed by atoms with Crippen LogP contribution in [-0.4, -0.2) is 34.8 Å². The van der Waals surface area contributed by atoms with Crippen LogP contribution < -0.4 is 4.90 Å². The van der Waals surface area contributed by atoms with E-state index in [1.165, 1.54) is 4.90 Å². The molecule has 4 nitrogen and oxygen atoms in total. The molecule has 1 aromatic rings. The maximum Gasteiger partial charge on any atom is 0.299 e. The first-order valence-electron chi connectivity index (χ1n) is 4.95.